The molecule has 0 aliphatic carbocycles. The van der Waals surface area contributed by atoms with Gasteiger partial charge in [-0.2, -0.15) is 0 Å². The zero-order valence-corrected chi connectivity index (χ0v) is 22.3. The fourth-order valence-electron chi connectivity index (χ4n) is 4.72. The lowest BCUT2D eigenvalue weighted by Crippen LogP contribution is -2.30. The number of hydrogen-bond donors (Lipinski definition) is 2. The molecule has 0 atom stereocenters. The third-order valence-corrected chi connectivity index (χ3v) is 6.55. The number of benzene rings is 2. The van der Waals surface area contributed by atoms with Crippen LogP contribution in [-0.2, 0) is 6.54 Å². The molecule has 0 bridgehead atoms. The van der Waals surface area contributed by atoms with Gasteiger partial charge in [-0.1, -0.05) is 58.0 Å². The summed E-state index contributed by atoms with van der Waals surface area (Å²) in [6.45, 7) is 10.7. The normalized spacial score (nSPS) is 11.2. The van der Waals surface area contributed by atoms with Crippen LogP contribution < -0.4 is 20.9 Å². The Morgan fingerprint density at radius 2 is 1.59 bits per heavy atom. The summed E-state index contributed by atoms with van der Waals surface area (Å²) in [4.78, 5) is 31.8. The molecule has 2 aromatic carbocycles. The molecule has 4 rings (SSSR count). The van der Waals surface area contributed by atoms with Gasteiger partial charge >= 0.3 is 6.03 Å². The maximum absolute atomic E-state index is 13.8. The maximum Gasteiger partial charge on any atom is 0.323 e. The molecule has 0 aliphatic rings. The van der Waals surface area contributed by atoms with E-state index in [4.69, 9.17) is 4.74 Å². The van der Waals surface area contributed by atoms with Gasteiger partial charge < -0.3 is 15.4 Å². The monoisotopic (exact) mass is 498 g/mol. The number of para-hydroxylation sites is 1. The van der Waals surface area contributed by atoms with E-state index in [-0.39, 0.29) is 23.1 Å². The highest BCUT2D eigenvalue weighted by Gasteiger charge is 2.22. The number of anilines is 2. The Kier molecular flexibility index (Phi) is 7.62. The van der Waals surface area contributed by atoms with Crippen molar-refractivity contribution in [3.8, 4) is 16.9 Å². The molecule has 0 unspecified atom stereocenters. The van der Waals surface area contributed by atoms with E-state index in [0.29, 0.717) is 23.5 Å². The number of rotatable bonds is 7. The number of ether oxygens (including phenoxy) is 1. The fraction of sp³-hybridized carbons (Fsp3) is 0.300. The van der Waals surface area contributed by atoms with Crippen LogP contribution >= 0.6 is 0 Å². The zero-order chi connectivity index (χ0) is 26.7. The second-order valence-corrected chi connectivity index (χ2v) is 9.61. The van der Waals surface area contributed by atoms with Crippen LogP contribution in [0, 0.1) is 0 Å². The van der Waals surface area contributed by atoms with Gasteiger partial charge in [-0.15, -0.1) is 0 Å². The Morgan fingerprint density at radius 1 is 0.946 bits per heavy atom. The van der Waals surface area contributed by atoms with E-state index in [1.807, 2.05) is 61.5 Å². The highest BCUT2D eigenvalue weighted by molar-refractivity contribution is 6.07. The molecule has 0 radical (unpaired) electrons. The quantitative estimate of drug-likeness (QED) is 0.288. The molecule has 0 saturated heterocycles. The summed E-state index contributed by atoms with van der Waals surface area (Å²) in [6, 6.07) is 16.8. The number of urea groups is 1. The Bertz CT molecular complexity index is 1480. The zero-order valence-electron chi connectivity index (χ0n) is 22.3. The predicted molar refractivity (Wildman–Crippen MR) is 151 cm³/mol. The van der Waals surface area contributed by atoms with E-state index in [9.17, 15) is 9.59 Å². The summed E-state index contributed by atoms with van der Waals surface area (Å²) in [6.07, 6.45) is 1.67. The minimum Gasteiger partial charge on any atom is -0.497 e. The van der Waals surface area contributed by atoms with E-state index in [0.717, 1.165) is 27.8 Å². The van der Waals surface area contributed by atoms with E-state index in [1.54, 1.807) is 17.9 Å². The number of amides is 2. The molecule has 2 heterocycles. The summed E-state index contributed by atoms with van der Waals surface area (Å²) >= 11 is 0. The SMILES string of the molecule is CCn1c(=O)c(NC(=O)Nc2c(C(C)C)cccc2C(C)C)c(-c2cccc(OC)c2)c2cccnc21. The largest absolute Gasteiger partial charge is 0.497 e. The van der Waals surface area contributed by atoms with E-state index < -0.39 is 6.03 Å². The van der Waals surface area contributed by atoms with Crippen LogP contribution in [0.2, 0.25) is 0 Å². The van der Waals surface area contributed by atoms with Crippen LogP contribution in [0.25, 0.3) is 22.2 Å². The standard InChI is InChI=1S/C30H34N4O3/c1-7-34-28-24(15-10-16-31-28)25(20-11-8-12-21(17-20)37-6)27(29(34)35)33-30(36)32-26-22(18(2)3)13-9-14-23(26)19(4)5/h8-19H,7H2,1-6H3,(H2,32,33,36). The Balaban J connectivity index is 1.89. The Morgan fingerprint density at radius 3 is 2.22 bits per heavy atom. The first-order chi connectivity index (χ1) is 17.8. The number of pyridine rings is 2. The van der Waals surface area contributed by atoms with E-state index in [2.05, 4.69) is 43.3 Å². The lowest BCUT2D eigenvalue weighted by Gasteiger charge is -2.21. The lowest BCUT2D eigenvalue weighted by molar-refractivity contribution is 0.262. The molecule has 0 saturated carbocycles. The van der Waals surface area contributed by atoms with Crippen LogP contribution in [0.15, 0.2) is 65.6 Å². The number of methoxy groups -OCH3 is 1. The molecule has 0 fully saturated rings. The van der Waals surface area contributed by atoms with Gasteiger partial charge in [0.25, 0.3) is 5.56 Å². The van der Waals surface area contributed by atoms with Crippen molar-refractivity contribution in [1.82, 2.24) is 9.55 Å². The number of carbonyl (C=O) groups is 1. The van der Waals surface area contributed by atoms with Crippen LogP contribution in [0.3, 0.4) is 0 Å². The maximum atomic E-state index is 13.8. The highest BCUT2D eigenvalue weighted by Crippen LogP contribution is 2.36. The van der Waals surface area contributed by atoms with Gasteiger partial charge in [-0.25, -0.2) is 9.78 Å². The first-order valence-corrected chi connectivity index (χ1v) is 12.6. The van der Waals surface area contributed by atoms with Crippen LogP contribution in [0.4, 0.5) is 16.2 Å². The smallest absolute Gasteiger partial charge is 0.323 e. The molecule has 0 spiro atoms. The molecule has 2 aromatic heterocycles. The van der Waals surface area contributed by atoms with Crippen molar-refractivity contribution < 1.29 is 9.53 Å². The number of hydrogen-bond acceptors (Lipinski definition) is 4. The molecular formula is C30H34N4O3. The van der Waals surface area contributed by atoms with Crippen molar-refractivity contribution in [2.75, 3.05) is 17.7 Å². The fourth-order valence-corrected chi connectivity index (χ4v) is 4.72. The van der Waals surface area contributed by atoms with Gasteiger partial charge in [-0.3, -0.25) is 9.36 Å². The molecule has 7 nitrogen and oxygen atoms in total. The molecule has 2 N–H and O–H groups in total. The molecule has 7 heteroatoms. The first kappa shape index (κ1) is 25.9. The third kappa shape index (κ3) is 5.07. The average Bonchev–Trinajstić information content (AvgIpc) is 2.89. The molecule has 2 amide bonds. The van der Waals surface area contributed by atoms with Crippen molar-refractivity contribution in [3.63, 3.8) is 0 Å². The van der Waals surface area contributed by atoms with Crippen LogP contribution in [0.1, 0.15) is 57.6 Å². The molecular weight excluding hydrogens is 464 g/mol. The number of carbonyl (C=O) groups excluding carboxylic acids is 1. The summed E-state index contributed by atoms with van der Waals surface area (Å²) in [7, 11) is 1.60. The number of nitrogens with one attached hydrogen (secondary N) is 2. The highest BCUT2D eigenvalue weighted by atomic mass is 16.5. The van der Waals surface area contributed by atoms with Gasteiger partial charge in [0.05, 0.1) is 7.11 Å². The third-order valence-electron chi connectivity index (χ3n) is 6.55. The van der Waals surface area contributed by atoms with Crippen molar-refractivity contribution in [1.29, 1.82) is 0 Å². The minimum absolute atomic E-state index is 0.196. The second-order valence-electron chi connectivity index (χ2n) is 9.61. The van der Waals surface area contributed by atoms with Crippen molar-refractivity contribution in [2.24, 2.45) is 0 Å². The summed E-state index contributed by atoms with van der Waals surface area (Å²) in [5, 5.41) is 6.74. The summed E-state index contributed by atoms with van der Waals surface area (Å²) in [5.41, 5.74) is 4.67. The molecule has 0 aliphatic heterocycles. The van der Waals surface area contributed by atoms with Gasteiger partial charge in [0, 0.05) is 29.4 Å². The number of aryl methyl sites for hydroxylation is 1. The van der Waals surface area contributed by atoms with Crippen LogP contribution in [0.5, 0.6) is 5.75 Å². The van der Waals surface area contributed by atoms with Crippen molar-refractivity contribution >= 4 is 28.4 Å². The van der Waals surface area contributed by atoms with Gasteiger partial charge in [0.1, 0.15) is 17.1 Å². The lowest BCUT2D eigenvalue weighted by atomic mass is 9.93. The second kappa shape index (κ2) is 10.9. The first-order valence-electron chi connectivity index (χ1n) is 12.6. The molecule has 37 heavy (non-hydrogen) atoms. The molecule has 4 aromatic rings. The van der Waals surface area contributed by atoms with Crippen LogP contribution in [-0.4, -0.2) is 22.7 Å². The topological polar surface area (TPSA) is 85.2 Å². The van der Waals surface area contributed by atoms with E-state index >= 15 is 0 Å². The predicted octanol–water partition coefficient (Wildman–Crippen LogP) is 6.98. The van der Waals surface area contributed by atoms with Gasteiger partial charge in [-0.05, 0) is 59.7 Å². The number of aromatic nitrogens is 2. The average molecular weight is 499 g/mol. The van der Waals surface area contributed by atoms with Gasteiger partial charge in [0.2, 0.25) is 0 Å². The Hall–Kier alpha value is -4.13. The van der Waals surface area contributed by atoms with Crippen molar-refractivity contribution in [2.45, 2.75) is 53.0 Å². The summed E-state index contributed by atoms with van der Waals surface area (Å²) in [5.74, 6) is 1.08. The van der Waals surface area contributed by atoms with Gasteiger partial charge in [0.15, 0.2) is 0 Å². The number of nitrogens with zero attached hydrogens (tertiary/aromatic N) is 2. The Labute approximate surface area is 217 Å². The number of fused-ring (bicyclic) bond motifs is 1. The van der Waals surface area contributed by atoms with Crippen molar-refractivity contribution in [3.05, 3.63) is 82.3 Å². The van der Waals surface area contributed by atoms with E-state index in [1.165, 1.54) is 0 Å². The minimum atomic E-state index is -0.470. The molecule has 192 valence electrons. The summed E-state index contributed by atoms with van der Waals surface area (Å²) < 4.78 is 7.02.